The van der Waals surface area contributed by atoms with Crippen molar-refractivity contribution in [3.8, 4) is 0 Å². The first-order valence-electron chi connectivity index (χ1n) is 19.0. The summed E-state index contributed by atoms with van der Waals surface area (Å²) in [4.78, 5) is 49.5. The fraction of sp³-hybridized carbons (Fsp3) is 0.513. The van der Waals surface area contributed by atoms with Gasteiger partial charge in [-0.25, -0.2) is 14.8 Å². The lowest BCUT2D eigenvalue weighted by Crippen LogP contribution is -2.50. The summed E-state index contributed by atoms with van der Waals surface area (Å²) >= 11 is 5.96. The van der Waals surface area contributed by atoms with E-state index >= 15 is 0 Å². The molecule has 17 nitrogen and oxygen atoms in total. The number of nitrogen functional groups attached to an aromatic ring is 2. The molecule has 0 saturated carbocycles. The average molecular weight is 817 g/mol. The van der Waals surface area contributed by atoms with Crippen LogP contribution < -0.4 is 22.1 Å². The number of hydrogen-bond donors (Lipinski definition) is 10. The summed E-state index contributed by atoms with van der Waals surface area (Å²) in [5.74, 6) is -1.69. The van der Waals surface area contributed by atoms with Gasteiger partial charge in [0.1, 0.15) is 18.3 Å². The van der Waals surface area contributed by atoms with Gasteiger partial charge in [-0.15, -0.1) is 0 Å². The Morgan fingerprint density at radius 3 is 2.18 bits per heavy atom. The molecule has 2 aromatic carbocycles. The van der Waals surface area contributed by atoms with Gasteiger partial charge in [0.05, 0.1) is 12.7 Å². The maximum absolute atomic E-state index is 13.1. The number of carboxylic acid groups (broad SMARTS) is 1. The Morgan fingerprint density at radius 2 is 1.53 bits per heavy atom. The summed E-state index contributed by atoms with van der Waals surface area (Å²) in [6.45, 7) is 4.44. The van der Waals surface area contributed by atoms with Gasteiger partial charge in [-0.3, -0.25) is 14.5 Å². The van der Waals surface area contributed by atoms with Crippen LogP contribution in [-0.2, 0) is 13.0 Å². The molecule has 5 atom stereocenters. The van der Waals surface area contributed by atoms with Gasteiger partial charge in [-0.1, -0.05) is 74.2 Å². The molecule has 3 aromatic rings. The number of carbonyl (C=O) groups is 3. The molecule has 0 bridgehead atoms. The standard InChI is InChI=1S/C39H57ClN8O9/c1-3-4-5-8-16-47(22-29(50)32(52)33(53)30(51)23-49)17-15-43-37(54)27-13-11-25(12-14-27)20-48(39(56)57)21-26(18-28-10-7-6-9-24(28)2)19-44-38(55)31-35(41)46-36(42)34(40)45-31/h6-7,9-14,26,29-30,32-33,49-53H,3-5,8,15-23H2,1-2H3,(H,43,54)(H,44,55)(H,56,57)(H4,41,42,46)/t26?,29-,30+,32+,33+/m0/s1. The maximum Gasteiger partial charge on any atom is 0.407 e. The van der Waals surface area contributed by atoms with Crippen molar-refractivity contribution in [3.05, 3.63) is 81.6 Å². The van der Waals surface area contributed by atoms with Crippen LogP contribution in [0.5, 0.6) is 0 Å². The number of hydrogen-bond acceptors (Lipinski definition) is 13. The Hall–Kier alpha value is -4.62. The van der Waals surface area contributed by atoms with Gasteiger partial charge in [-0.2, -0.15) is 0 Å². The molecule has 0 spiro atoms. The lowest BCUT2D eigenvalue weighted by molar-refractivity contribution is -0.119. The molecule has 0 aliphatic rings. The number of rotatable bonds is 24. The molecule has 12 N–H and O–H groups in total. The first kappa shape index (κ1) is 46.8. The van der Waals surface area contributed by atoms with E-state index in [9.17, 15) is 39.9 Å². The molecule has 1 unspecified atom stereocenters. The van der Waals surface area contributed by atoms with Crippen LogP contribution in [0.25, 0.3) is 0 Å². The molecule has 57 heavy (non-hydrogen) atoms. The maximum atomic E-state index is 13.1. The third kappa shape index (κ3) is 15.0. The van der Waals surface area contributed by atoms with Crippen LogP contribution in [0.1, 0.15) is 70.1 Å². The fourth-order valence-electron chi connectivity index (χ4n) is 6.21. The molecule has 0 aliphatic carbocycles. The van der Waals surface area contributed by atoms with Crippen LogP contribution in [0.2, 0.25) is 5.15 Å². The van der Waals surface area contributed by atoms with Crippen molar-refractivity contribution in [2.24, 2.45) is 5.92 Å². The number of anilines is 2. The Bertz CT molecular complexity index is 1740. The highest BCUT2D eigenvalue weighted by Crippen LogP contribution is 2.19. The first-order valence-corrected chi connectivity index (χ1v) is 19.3. The molecule has 18 heteroatoms. The second-order valence-corrected chi connectivity index (χ2v) is 14.5. The highest BCUT2D eigenvalue weighted by Gasteiger charge is 2.31. The average Bonchev–Trinajstić information content (AvgIpc) is 3.19. The number of aliphatic hydroxyl groups is 5. The predicted molar refractivity (Wildman–Crippen MR) is 215 cm³/mol. The number of nitrogens with two attached hydrogens (primary N) is 2. The van der Waals surface area contributed by atoms with Crippen molar-refractivity contribution in [2.45, 2.75) is 76.9 Å². The zero-order chi connectivity index (χ0) is 42.1. The van der Waals surface area contributed by atoms with E-state index in [4.69, 9.17) is 28.2 Å². The van der Waals surface area contributed by atoms with Crippen molar-refractivity contribution in [3.63, 3.8) is 0 Å². The van der Waals surface area contributed by atoms with Crippen LogP contribution in [0.4, 0.5) is 16.4 Å². The third-order valence-corrected chi connectivity index (χ3v) is 9.87. The van der Waals surface area contributed by atoms with E-state index in [1.54, 1.807) is 24.3 Å². The topological polar surface area (TPSA) is 281 Å². The number of unbranched alkanes of at least 4 members (excludes halogenated alkanes) is 3. The van der Waals surface area contributed by atoms with Gasteiger partial charge in [0.25, 0.3) is 11.8 Å². The van der Waals surface area contributed by atoms with Crippen LogP contribution >= 0.6 is 11.6 Å². The van der Waals surface area contributed by atoms with Crippen LogP contribution in [-0.4, -0.2) is 139 Å². The quantitative estimate of drug-likeness (QED) is 0.0573. The number of amides is 3. The molecule has 0 radical (unpaired) electrons. The van der Waals surface area contributed by atoms with Gasteiger partial charge >= 0.3 is 6.09 Å². The molecular formula is C39H57ClN8O9. The van der Waals surface area contributed by atoms with Gasteiger partial charge < -0.3 is 57.6 Å². The van der Waals surface area contributed by atoms with E-state index in [2.05, 4.69) is 27.5 Å². The van der Waals surface area contributed by atoms with E-state index in [0.717, 1.165) is 36.8 Å². The van der Waals surface area contributed by atoms with Crippen molar-refractivity contribution >= 4 is 41.1 Å². The van der Waals surface area contributed by atoms with Crippen LogP contribution in [0.15, 0.2) is 48.5 Å². The number of aromatic nitrogens is 2. The Morgan fingerprint density at radius 1 is 0.842 bits per heavy atom. The van der Waals surface area contributed by atoms with Gasteiger partial charge in [-0.05, 0) is 61.1 Å². The molecule has 1 aromatic heterocycles. The number of nitrogens with one attached hydrogen (secondary N) is 2. The molecule has 3 amide bonds. The molecular weight excluding hydrogens is 760 g/mol. The molecule has 0 saturated heterocycles. The van der Waals surface area contributed by atoms with E-state index in [1.807, 2.05) is 36.1 Å². The zero-order valence-electron chi connectivity index (χ0n) is 32.4. The number of aliphatic hydroxyl groups excluding tert-OH is 5. The largest absolute Gasteiger partial charge is 0.465 e. The van der Waals surface area contributed by atoms with E-state index in [-0.39, 0.29) is 67.0 Å². The Labute approximate surface area is 337 Å². The summed E-state index contributed by atoms with van der Waals surface area (Å²) in [5, 5.41) is 65.3. The summed E-state index contributed by atoms with van der Waals surface area (Å²) in [7, 11) is 0. The molecule has 0 fully saturated rings. The fourth-order valence-corrected chi connectivity index (χ4v) is 6.33. The van der Waals surface area contributed by atoms with E-state index < -0.39 is 43.0 Å². The highest BCUT2D eigenvalue weighted by molar-refractivity contribution is 6.31. The molecule has 1 heterocycles. The normalized spacial score (nSPS) is 14.1. The summed E-state index contributed by atoms with van der Waals surface area (Å²) in [5.41, 5.74) is 14.3. The number of nitrogens with zero attached hydrogens (tertiary/aromatic N) is 4. The summed E-state index contributed by atoms with van der Waals surface area (Å²) in [6, 6.07) is 14.2. The van der Waals surface area contributed by atoms with Crippen molar-refractivity contribution in [1.29, 1.82) is 0 Å². The first-order chi connectivity index (χ1) is 27.1. The molecule has 314 valence electrons. The number of carbonyl (C=O) groups excluding carboxylic acids is 2. The highest BCUT2D eigenvalue weighted by atomic mass is 35.5. The minimum atomic E-state index is -1.73. The summed E-state index contributed by atoms with van der Waals surface area (Å²) in [6.07, 6.45) is -3.36. The minimum Gasteiger partial charge on any atom is -0.465 e. The van der Waals surface area contributed by atoms with Crippen molar-refractivity contribution in [1.82, 2.24) is 30.4 Å². The van der Waals surface area contributed by atoms with E-state index in [0.29, 0.717) is 30.6 Å². The van der Waals surface area contributed by atoms with Crippen molar-refractivity contribution in [2.75, 3.05) is 57.3 Å². The van der Waals surface area contributed by atoms with E-state index in [1.165, 1.54) is 4.90 Å². The lowest BCUT2D eigenvalue weighted by atomic mass is 9.95. The predicted octanol–water partition coefficient (Wildman–Crippen LogP) is 1.42. The lowest BCUT2D eigenvalue weighted by Gasteiger charge is -2.30. The van der Waals surface area contributed by atoms with Crippen LogP contribution in [0, 0.1) is 12.8 Å². The number of aryl methyl sites for hydroxylation is 1. The Balaban J connectivity index is 1.64. The Kier molecular flexibility index (Phi) is 19.3. The smallest absolute Gasteiger partial charge is 0.407 e. The zero-order valence-corrected chi connectivity index (χ0v) is 33.2. The number of benzene rings is 2. The second-order valence-electron chi connectivity index (χ2n) is 14.1. The third-order valence-electron chi connectivity index (χ3n) is 9.59. The summed E-state index contributed by atoms with van der Waals surface area (Å²) < 4.78 is 0. The molecule has 3 rings (SSSR count). The van der Waals surface area contributed by atoms with Crippen LogP contribution in [0.3, 0.4) is 0 Å². The number of halogens is 1. The second kappa shape index (κ2) is 23.6. The van der Waals surface area contributed by atoms with Gasteiger partial charge in [0, 0.05) is 44.8 Å². The van der Waals surface area contributed by atoms with Gasteiger partial charge in [0.15, 0.2) is 22.5 Å². The minimum absolute atomic E-state index is 0.00659. The monoisotopic (exact) mass is 816 g/mol. The SMILES string of the molecule is CCCCCCN(CCNC(=O)c1ccc(CN(CC(CNC(=O)c2nc(Cl)c(N)nc2N)Cc2ccccc2C)C(=O)O)cc1)C[C@H](O)[C@@H](O)[C@H](O)[C@H](O)CO. The molecule has 0 aliphatic heterocycles. The van der Waals surface area contributed by atoms with Crippen molar-refractivity contribution < 1.29 is 45.0 Å². The van der Waals surface area contributed by atoms with Gasteiger partial charge in [0.2, 0.25) is 0 Å².